The minimum atomic E-state index is -0.358. The Morgan fingerprint density at radius 3 is 2.67 bits per heavy atom. The molecule has 1 heterocycles. The number of carbonyl (C=O) groups excluding carboxylic acids is 2. The van der Waals surface area contributed by atoms with E-state index < -0.39 is 0 Å². The summed E-state index contributed by atoms with van der Waals surface area (Å²) in [5.74, 6) is -0.388. The zero-order chi connectivity index (χ0) is 15.2. The Hall–Kier alpha value is -1.88. The average Bonchev–Trinajstić information content (AvgIpc) is 2.53. The summed E-state index contributed by atoms with van der Waals surface area (Å²) in [6.07, 6.45) is 0.176. The molecule has 1 fully saturated rings. The monoisotopic (exact) mass is 291 g/mol. The van der Waals surface area contributed by atoms with E-state index >= 15 is 0 Å². The molecule has 114 valence electrons. The van der Waals surface area contributed by atoms with Crippen molar-refractivity contribution in [2.75, 3.05) is 20.3 Å². The number of rotatable bonds is 4. The van der Waals surface area contributed by atoms with Crippen LogP contribution >= 0.6 is 0 Å². The SMILES string of the molecule is COC(=O)CCC(=O)N1CCOC(c2ccccc2)C1C. The molecule has 0 bridgehead atoms. The molecule has 5 nitrogen and oxygen atoms in total. The number of hydrogen-bond donors (Lipinski definition) is 0. The van der Waals surface area contributed by atoms with Gasteiger partial charge in [0.05, 0.1) is 26.2 Å². The van der Waals surface area contributed by atoms with Crippen LogP contribution in [0.15, 0.2) is 30.3 Å². The zero-order valence-electron chi connectivity index (χ0n) is 12.5. The van der Waals surface area contributed by atoms with E-state index in [-0.39, 0.29) is 36.9 Å². The maximum absolute atomic E-state index is 12.3. The van der Waals surface area contributed by atoms with Gasteiger partial charge >= 0.3 is 5.97 Å². The van der Waals surface area contributed by atoms with E-state index in [4.69, 9.17) is 4.74 Å². The lowest BCUT2D eigenvalue weighted by Crippen LogP contribution is -2.48. The van der Waals surface area contributed by atoms with Crippen LogP contribution < -0.4 is 0 Å². The van der Waals surface area contributed by atoms with E-state index in [1.165, 1.54) is 7.11 Å². The second kappa shape index (κ2) is 7.22. The van der Waals surface area contributed by atoms with Crippen molar-refractivity contribution in [2.45, 2.75) is 31.9 Å². The number of amides is 1. The van der Waals surface area contributed by atoms with Crippen molar-refractivity contribution in [1.29, 1.82) is 0 Å². The van der Waals surface area contributed by atoms with Crippen LogP contribution in [0.25, 0.3) is 0 Å². The molecule has 1 saturated heterocycles. The van der Waals surface area contributed by atoms with E-state index in [9.17, 15) is 9.59 Å². The number of benzene rings is 1. The minimum Gasteiger partial charge on any atom is -0.469 e. The second-order valence-corrected chi connectivity index (χ2v) is 5.11. The summed E-state index contributed by atoms with van der Waals surface area (Å²) in [5.41, 5.74) is 1.07. The van der Waals surface area contributed by atoms with E-state index in [0.717, 1.165) is 5.56 Å². The molecule has 2 atom stereocenters. The van der Waals surface area contributed by atoms with Gasteiger partial charge in [0.25, 0.3) is 0 Å². The molecule has 21 heavy (non-hydrogen) atoms. The first-order chi connectivity index (χ1) is 10.1. The summed E-state index contributed by atoms with van der Waals surface area (Å²) in [7, 11) is 1.33. The highest BCUT2D eigenvalue weighted by Gasteiger charge is 2.32. The number of methoxy groups -OCH3 is 1. The van der Waals surface area contributed by atoms with Gasteiger partial charge in [-0.2, -0.15) is 0 Å². The van der Waals surface area contributed by atoms with E-state index in [0.29, 0.717) is 13.2 Å². The molecule has 0 spiro atoms. The summed E-state index contributed by atoms with van der Waals surface area (Å²) in [6.45, 7) is 3.05. The quantitative estimate of drug-likeness (QED) is 0.795. The molecule has 1 aliphatic heterocycles. The fourth-order valence-corrected chi connectivity index (χ4v) is 2.61. The summed E-state index contributed by atoms with van der Waals surface area (Å²) in [4.78, 5) is 25.2. The molecule has 0 N–H and O–H groups in total. The Balaban J connectivity index is 2.01. The fraction of sp³-hybridized carbons (Fsp3) is 0.500. The molecule has 5 heteroatoms. The molecule has 0 aliphatic carbocycles. The number of carbonyl (C=O) groups is 2. The number of esters is 1. The summed E-state index contributed by atoms with van der Waals surface area (Å²) in [6, 6.07) is 9.84. The Morgan fingerprint density at radius 2 is 2.00 bits per heavy atom. The van der Waals surface area contributed by atoms with Gasteiger partial charge in [0.15, 0.2) is 0 Å². The van der Waals surface area contributed by atoms with Gasteiger partial charge < -0.3 is 14.4 Å². The topological polar surface area (TPSA) is 55.8 Å². The van der Waals surface area contributed by atoms with Gasteiger partial charge in [-0.3, -0.25) is 9.59 Å². The van der Waals surface area contributed by atoms with Crippen molar-refractivity contribution >= 4 is 11.9 Å². The lowest BCUT2D eigenvalue weighted by atomic mass is 10.00. The second-order valence-electron chi connectivity index (χ2n) is 5.11. The van der Waals surface area contributed by atoms with E-state index in [1.54, 1.807) is 4.90 Å². The number of hydrogen-bond acceptors (Lipinski definition) is 4. The van der Waals surface area contributed by atoms with E-state index in [2.05, 4.69) is 4.74 Å². The predicted octanol–water partition coefficient (Wildman–Crippen LogP) is 1.93. The van der Waals surface area contributed by atoms with Crippen LogP contribution in [0.4, 0.5) is 0 Å². The summed E-state index contributed by atoms with van der Waals surface area (Å²) < 4.78 is 10.4. The predicted molar refractivity (Wildman–Crippen MR) is 77.6 cm³/mol. The molecule has 1 amide bonds. The Kier molecular flexibility index (Phi) is 5.33. The van der Waals surface area contributed by atoms with Crippen molar-refractivity contribution in [2.24, 2.45) is 0 Å². The zero-order valence-corrected chi connectivity index (χ0v) is 12.5. The fourth-order valence-electron chi connectivity index (χ4n) is 2.61. The highest BCUT2D eigenvalue weighted by molar-refractivity contribution is 5.81. The van der Waals surface area contributed by atoms with Crippen molar-refractivity contribution in [3.05, 3.63) is 35.9 Å². The first-order valence-electron chi connectivity index (χ1n) is 7.16. The van der Waals surface area contributed by atoms with Gasteiger partial charge in [0, 0.05) is 13.0 Å². The number of nitrogens with zero attached hydrogens (tertiary/aromatic N) is 1. The smallest absolute Gasteiger partial charge is 0.306 e. The summed E-state index contributed by atoms with van der Waals surface area (Å²) in [5, 5.41) is 0. The number of ether oxygens (including phenoxy) is 2. The van der Waals surface area contributed by atoms with Gasteiger partial charge in [-0.25, -0.2) is 0 Å². The molecule has 0 saturated carbocycles. The third kappa shape index (κ3) is 3.82. The van der Waals surface area contributed by atoms with Gasteiger partial charge in [-0.1, -0.05) is 30.3 Å². The minimum absolute atomic E-state index is 0.0304. The largest absolute Gasteiger partial charge is 0.469 e. The van der Waals surface area contributed by atoms with Crippen LogP contribution in [0.1, 0.15) is 31.4 Å². The van der Waals surface area contributed by atoms with Crippen molar-refractivity contribution in [3.8, 4) is 0 Å². The van der Waals surface area contributed by atoms with Crippen LogP contribution in [0.3, 0.4) is 0 Å². The number of morpholine rings is 1. The van der Waals surface area contributed by atoms with Crippen LogP contribution in [0.5, 0.6) is 0 Å². The highest BCUT2D eigenvalue weighted by Crippen LogP contribution is 2.28. The molecule has 1 aromatic carbocycles. The molecular weight excluding hydrogens is 270 g/mol. The maximum atomic E-state index is 12.3. The first-order valence-corrected chi connectivity index (χ1v) is 7.16. The summed E-state index contributed by atoms with van der Waals surface area (Å²) >= 11 is 0. The van der Waals surface area contributed by atoms with Crippen molar-refractivity contribution in [1.82, 2.24) is 4.90 Å². The highest BCUT2D eigenvalue weighted by atomic mass is 16.5. The molecule has 1 aliphatic rings. The van der Waals surface area contributed by atoms with Crippen LogP contribution in [-0.4, -0.2) is 43.1 Å². The molecule has 0 radical (unpaired) electrons. The lowest BCUT2D eigenvalue weighted by Gasteiger charge is -2.39. The maximum Gasteiger partial charge on any atom is 0.306 e. The average molecular weight is 291 g/mol. The van der Waals surface area contributed by atoms with Crippen LogP contribution in [-0.2, 0) is 19.1 Å². The molecule has 1 aromatic rings. The molecular formula is C16H21NO4. The molecule has 2 rings (SSSR count). The van der Waals surface area contributed by atoms with Crippen LogP contribution in [0.2, 0.25) is 0 Å². The molecule has 2 unspecified atom stereocenters. The third-order valence-corrected chi connectivity index (χ3v) is 3.78. The van der Waals surface area contributed by atoms with Gasteiger partial charge in [-0.05, 0) is 12.5 Å². The van der Waals surface area contributed by atoms with Crippen molar-refractivity contribution in [3.63, 3.8) is 0 Å². The Morgan fingerprint density at radius 1 is 1.29 bits per heavy atom. The van der Waals surface area contributed by atoms with Gasteiger partial charge in [0.2, 0.25) is 5.91 Å². The lowest BCUT2D eigenvalue weighted by molar-refractivity contribution is -0.149. The third-order valence-electron chi connectivity index (χ3n) is 3.78. The standard InChI is InChI=1S/C16H21NO4/c1-12-16(13-6-4-3-5-7-13)21-11-10-17(12)14(18)8-9-15(19)20-2/h3-7,12,16H,8-11H2,1-2H3. The van der Waals surface area contributed by atoms with Gasteiger partial charge in [-0.15, -0.1) is 0 Å². The van der Waals surface area contributed by atoms with Crippen molar-refractivity contribution < 1.29 is 19.1 Å². The Labute approximate surface area is 124 Å². The first kappa shape index (κ1) is 15.5. The Bertz CT molecular complexity index is 488. The van der Waals surface area contributed by atoms with Gasteiger partial charge in [0.1, 0.15) is 6.10 Å². The molecule has 0 aromatic heterocycles. The van der Waals surface area contributed by atoms with E-state index in [1.807, 2.05) is 37.3 Å². The van der Waals surface area contributed by atoms with Crippen LogP contribution in [0, 0.1) is 0 Å². The normalized spacial score (nSPS) is 21.9.